The average Bonchev–Trinajstić information content (AvgIpc) is 3.21. The summed E-state index contributed by atoms with van der Waals surface area (Å²) in [6, 6.07) is 15.2. The normalized spacial score (nSPS) is 16.3. The first-order valence-corrected chi connectivity index (χ1v) is 13.0. The molecule has 0 fully saturated rings. The second kappa shape index (κ2) is 9.56. The van der Waals surface area contributed by atoms with Gasteiger partial charge < -0.3 is 19.5 Å². The van der Waals surface area contributed by atoms with Gasteiger partial charge in [0.15, 0.2) is 11.5 Å². The van der Waals surface area contributed by atoms with Gasteiger partial charge in [0, 0.05) is 35.7 Å². The van der Waals surface area contributed by atoms with E-state index in [1.807, 2.05) is 36.4 Å². The van der Waals surface area contributed by atoms with Crippen LogP contribution in [-0.4, -0.2) is 42.9 Å². The number of ether oxygens (including phenoxy) is 3. The van der Waals surface area contributed by atoms with Crippen molar-refractivity contribution in [3.8, 4) is 22.6 Å². The minimum Gasteiger partial charge on any atom is -0.493 e. The van der Waals surface area contributed by atoms with E-state index in [0.29, 0.717) is 11.3 Å². The zero-order valence-electron chi connectivity index (χ0n) is 23.5. The molecule has 0 aliphatic carbocycles. The second-order valence-electron chi connectivity index (χ2n) is 11.4. The molecule has 0 radical (unpaired) electrons. The first kappa shape index (κ1) is 26.5. The zero-order valence-corrected chi connectivity index (χ0v) is 23.5. The summed E-state index contributed by atoms with van der Waals surface area (Å²) >= 11 is 0. The first-order chi connectivity index (χ1) is 18.4. The van der Waals surface area contributed by atoms with Crippen molar-refractivity contribution in [1.82, 2.24) is 0 Å². The summed E-state index contributed by atoms with van der Waals surface area (Å²) < 4.78 is 17.2. The molecule has 0 saturated heterocycles. The molecule has 5 rings (SSSR count). The number of methoxy groups -OCH3 is 2. The summed E-state index contributed by atoms with van der Waals surface area (Å²) in [4.78, 5) is 29.5. The Labute approximate surface area is 229 Å². The molecular formula is C32H34N2O5. The summed E-state index contributed by atoms with van der Waals surface area (Å²) in [6.45, 7) is 9.88. The van der Waals surface area contributed by atoms with Crippen LogP contribution in [0.15, 0.2) is 53.5 Å². The van der Waals surface area contributed by atoms with Crippen molar-refractivity contribution in [3.05, 3.63) is 76.3 Å². The van der Waals surface area contributed by atoms with Gasteiger partial charge in [-0.1, -0.05) is 18.2 Å². The molecule has 1 N–H and O–H groups in total. The Morgan fingerprint density at radius 3 is 2.28 bits per heavy atom. The van der Waals surface area contributed by atoms with E-state index in [4.69, 9.17) is 19.2 Å². The molecule has 202 valence electrons. The smallest absolute Gasteiger partial charge is 0.338 e. The maximum absolute atomic E-state index is 12.8. The number of nitrogens with zero attached hydrogens (tertiary/aromatic N) is 1. The van der Waals surface area contributed by atoms with E-state index in [9.17, 15) is 9.59 Å². The molecule has 3 aromatic carbocycles. The molecule has 0 spiro atoms. The topological polar surface area (TPSA) is 86.2 Å². The summed E-state index contributed by atoms with van der Waals surface area (Å²) in [6.07, 6.45) is 1.51. The largest absolute Gasteiger partial charge is 0.493 e. The highest BCUT2D eigenvalue weighted by Gasteiger charge is 2.39. The van der Waals surface area contributed by atoms with Crippen LogP contribution < -0.4 is 14.8 Å². The summed E-state index contributed by atoms with van der Waals surface area (Å²) in [5.41, 5.74) is 7.10. The maximum atomic E-state index is 12.8. The van der Waals surface area contributed by atoms with Gasteiger partial charge in [-0.3, -0.25) is 9.79 Å². The lowest BCUT2D eigenvalue weighted by atomic mass is 9.80. The molecule has 0 aromatic heterocycles. The number of esters is 1. The van der Waals surface area contributed by atoms with Crippen LogP contribution in [0, 0.1) is 0 Å². The quantitative estimate of drug-likeness (QED) is 0.413. The van der Waals surface area contributed by atoms with Gasteiger partial charge in [-0.15, -0.1) is 0 Å². The van der Waals surface area contributed by atoms with Crippen molar-refractivity contribution in [3.63, 3.8) is 0 Å². The highest BCUT2D eigenvalue weighted by molar-refractivity contribution is 6.17. The number of aliphatic imine (C=N–C) groups is 1. The van der Waals surface area contributed by atoms with E-state index in [1.54, 1.807) is 13.2 Å². The molecule has 2 aliphatic heterocycles. The minimum atomic E-state index is -0.422. The molecule has 0 bridgehead atoms. The molecular weight excluding hydrogens is 492 g/mol. The van der Waals surface area contributed by atoms with Gasteiger partial charge in [0.2, 0.25) is 5.91 Å². The molecule has 0 unspecified atom stereocenters. The number of carbonyl (C=O) groups is 2. The molecule has 0 saturated carbocycles. The number of amides is 1. The molecule has 2 heterocycles. The van der Waals surface area contributed by atoms with Crippen LogP contribution in [-0.2, 0) is 22.4 Å². The number of hydrogen-bond acceptors (Lipinski definition) is 6. The van der Waals surface area contributed by atoms with E-state index in [2.05, 4.69) is 39.1 Å². The third-order valence-corrected chi connectivity index (χ3v) is 7.12. The van der Waals surface area contributed by atoms with E-state index in [0.717, 1.165) is 57.9 Å². The van der Waals surface area contributed by atoms with Gasteiger partial charge >= 0.3 is 5.97 Å². The van der Waals surface area contributed by atoms with E-state index in [-0.39, 0.29) is 17.0 Å². The fraction of sp³-hybridized carbons (Fsp3) is 0.344. The number of carbonyl (C=O) groups excluding carboxylic acids is 2. The number of fused-ring (bicyclic) bond motifs is 3. The van der Waals surface area contributed by atoms with Crippen LogP contribution in [0.4, 0.5) is 5.69 Å². The predicted molar refractivity (Wildman–Crippen MR) is 152 cm³/mol. The van der Waals surface area contributed by atoms with Crippen LogP contribution in [0.5, 0.6) is 11.5 Å². The van der Waals surface area contributed by atoms with Crippen molar-refractivity contribution in [1.29, 1.82) is 0 Å². The predicted octanol–water partition coefficient (Wildman–Crippen LogP) is 5.99. The van der Waals surface area contributed by atoms with Crippen LogP contribution in [0.1, 0.15) is 67.2 Å². The molecule has 3 aromatic rings. The van der Waals surface area contributed by atoms with Crippen LogP contribution in [0.3, 0.4) is 0 Å². The van der Waals surface area contributed by atoms with Crippen molar-refractivity contribution < 1.29 is 23.8 Å². The highest BCUT2D eigenvalue weighted by atomic mass is 16.5. The molecule has 7 nitrogen and oxygen atoms in total. The fourth-order valence-electron chi connectivity index (χ4n) is 5.58. The fourth-order valence-corrected chi connectivity index (χ4v) is 5.58. The third-order valence-electron chi connectivity index (χ3n) is 7.12. The Morgan fingerprint density at radius 2 is 1.64 bits per heavy atom. The summed E-state index contributed by atoms with van der Waals surface area (Å²) in [7, 11) is 3.05. The lowest BCUT2D eigenvalue weighted by Crippen LogP contribution is -2.30. The molecule has 1 amide bonds. The highest BCUT2D eigenvalue weighted by Crippen LogP contribution is 2.48. The number of rotatable bonds is 5. The monoisotopic (exact) mass is 526 g/mol. The van der Waals surface area contributed by atoms with Crippen LogP contribution >= 0.6 is 0 Å². The van der Waals surface area contributed by atoms with Gasteiger partial charge in [-0.2, -0.15) is 0 Å². The summed E-state index contributed by atoms with van der Waals surface area (Å²) in [5.74, 6) is 0.948. The van der Waals surface area contributed by atoms with Crippen molar-refractivity contribution in [2.24, 2.45) is 4.99 Å². The molecule has 7 heteroatoms. The van der Waals surface area contributed by atoms with Gasteiger partial charge in [-0.25, -0.2) is 4.79 Å². The Balaban J connectivity index is 1.70. The lowest BCUT2D eigenvalue weighted by Gasteiger charge is -2.31. The van der Waals surface area contributed by atoms with Gasteiger partial charge in [-0.05, 0) is 81.1 Å². The molecule has 2 aliphatic rings. The lowest BCUT2D eigenvalue weighted by molar-refractivity contribution is -0.114. The minimum absolute atomic E-state index is 0.145. The van der Waals surface area contributed by atoms with Crippen molar-refractivity contribution >= 4 is 23.3 Å². The number of anilines is 1. The van der Waals surface area contributed by atoms with E-state index in [1.165, 1.54) is 19.6 Å². The van der Waals surface area contributed by atoms with Gasteiger partial charge in [0.1, 0.15) is 5.60 Å². The Bertz CT molecular complexity index is 1520. The average molecular weight is 527 g/mol. The van der Waals surface area contributed by atoms with Crippen molar-refractivity contribution in [2.45, 2.75) is 58.6 Å². The van der Waals surface area contributed by atoms with Crippen LogP contribution in [0.2, 0.25) is 0 Å². The second-order valence-corrected chi connectivity index (χ2v) is 11.4. The van der Waals surface area contributed by atoms with Crippen LogP contribution in [0.25, 0.3) is 11.1 Å². The van der Waals surface area contributed by atoms with E-state index < -0.39 is 5.97 Å². The first-order valence-electron chi connectivity index (χ1n) is 13.0. The third kappa shape index (κ3) is 5.01. The van der Waals surface area contributed by atoms with Gasteiger partial charge in [0.05, 0.1) is 31.0 Å². The molecule has 0 atom stereocenters. The number of nitrogens with one attached hydrogen (secondary N) is 1. The standard InChI is InChI=1S/C32H34N2O5/c1-18(35)33-22-11-8-19(9-12-22)24-14-20(10-13-23(24)30(36)38-7)28-27-21(16-31(2,3)34-28)15-26(37-6)29-25(27)17-32(4,5)39-29/h8-15H,16-17H2,1-7H3,(H,33,35). The maximum Gasteiger partial charge on any atom is 0.338 e. The SMILES string of the molecule is COC(=O)c1ccc(C2=NC(C)(C)Cc3cc(OC)c4c(c32)CC(C)(C)O4)cc1-c1ccc(NC(C)=O)cc1. The van der Waals surface area contributed by atoms with E-state index >= 15 is 0 Å². The number of benzene rings is 3. The Hall–Kier alpha value is -4.13. The molecule has 39 heavy (non-hydrogen) atoms. The zero-order chi connectivity index (χ0) is 28.1. The Morgan fingerprint density at radius 1 is 0.949 bits per heavy atom. The number of hydrogen-bond donors (Lipinski definition) is 1. The van der Waals surface area contributed by atoms with Gasteiger partial charge in [0.25, 0.3) is 0 Å². The van der Waals surface area contributed by atoms with Crippen molar-refractivity contribution in [2.75, 3.05) is 19.5 Å². The summed E-state index contributed by atoms with van der Waals surface area (Å²) in [5, 5.41) is 2.78. The Kier molecular flexibility index (Phi) is 6.49.